The number of fused-ring (bicyclic) bond motifs is 1. The van der Waals surface area contributed by atoms with Crippen LogP contribution in [0.3, 0.4) is 0 Å². The van der Waals surface area contributed by atoms with E-state index in [0.717, 1.165) is 28.2 Å². The Kier molecular flexibility index (Phi) is 4.93. The van der Waals surface area contributed by atoms with E-state index in [1.54, 1.807) is 11.8 Å². The zero-order valence-corrected chi connectivity index (χ0v) is 15.2. The Balaban J connectivity index is 1.40. The van der Waals surface area contributed by atoms with Crippen LogP contribution in [0.5, 0.6) is 11.5 Å². The Morgan fingerprint density at radius 2 is 1.85 bits per heavy atom. The summed E-state index contributed by atoms with van der Waals surface area (Å²) in [6.45, 7) is 0.432. The molecule has 5 nitrogen and oxygen atoms in total. The molecule has 3 aromatic rings. The molecule has 1 aliphatic rings. The SMILES string of the molecule is Cn1c(SC/C=C/c2ccccc2)nnc1C1COc2ccccc2O1. The van der Waals surface area contributed by atoms with E-state index in [1.807, 2.05) is 54.1 Å². The van der Waals surface area contributed by atoms with Gasteiger partial charge in [0.15, 0.2) is 28.6 Å². The van der Waals surface area contributed by atoms with E-state index in [1.165, 1.54) is 5.56 Å². The quantitative estimate of drug-likeness (QED) is 0.636. The van der Waals surface area contributed by atoms with Crippen molar-refractivity contribution < 1.29 is 9.47 Å². The third-order valence-electron chi connectivity index (χ3n) is 4.08. The van der Waals surface area contributed by atoms with Crippen molar-refractivity contribution in [2.45, 2.75) is 11.3 Å². The van der Waals surface area contributed by atoms with Gasteiger partial charge in [-0.25, -0.2) is 0 Å². The van der Waals surface area contributed by atoms with E-state index < -0.39 is 0 Å². The van der Waals surface area contributed by atoms with Crippen molar-refractivity contribution in [1.82, 2.24) is 14.8 Å². The van der Waals surface area contributed by atoms with Crippen LogP contribution in [0, 0.1) is 0 Å². The molecule has 2 aromatic carbocycles. The molecule has 0 N–H and O–H groups in total. The van der Waals surface area contributed by atoms with Gasteiger partial charge in [0.05, 0.1) is 0 Å². The molecule has 26 heavy (non-hydrogen) atoms. The molecule has 132 valence electrons. The van der Waals surface area contributed by atoms with Crippen molar-refractivity contribution in [3.63, 3.8) is 0 Å². The van der Waals surface area contributed by atoms with E-state index in [4.69, 9.17) is 9.47 Å². The van der Waals surface area contributed by atoms with Crippen LogP contribution < -0.4 is 9.47 Å². The molecule has 0 radical (unpaired) electrons. The first-order chi connectivity index (χ1) is 12.8. The minimum Gasteiger partial charge on any atom is -0.485 e. The predicted octanol–water partition coefficient (Wildman–Crippen LogP) is 4.13. The Morgan fingerprint density at radius 1 is 1.08 bits per heavy atom. The van der Waals surface area contributed by atoms with E-state index >= 15 is 0 Å². The normalized spacial score (nSPS) is 16.1. The van der Waals surface area contributed by atoms with E-state index in [9.17, 15) is 0 Å². The van der Waals surface area contributed by atoms with Gasteiger partial charge in [-0.15, -0.1) is 10.2 Å². The third-order valence-corrected chi connectivity index (χ3v) is 5.06. The van der Waals surface area contributed by atoms with Crippen molar-refractivity contribution in [2.24, 2.45) is 7.05 Å². The van der Waals surface area contributed by atoms with Gasteiger partial charge in [-0.1, -0.05) is 66.4 Å². The summed E-state index contributed by atoms with van der Waals surface area (Å²) in [7, 11) is 1.96. The van der Waals surface area contributed by atoms with Crippen LogP contribution in [0.25, 0.3) is 6.08 Å². The van der Waals surface area contributed by atoms with Gasteiger partial charge in [0.1, 0.15) is 6.61 Å². The molecule has 0 bridgehead atoms. The standard InChI is InChI=1S/C20H19N3O2S/c1-23-19(18-14-24-16-11-5-6-12-17(16)25-18)21-22-20(23)26-13-7-10-15-8-3-2-4-9-15/h2-12,18H,13-14H2,1H3/b10-7+. The molecule has 2 heterocycles. The third kappa shape index (κ3) is 3.60. The zero-order chi connectivity index (χ0) is 17.8. The number of rotatable bonds is 5. The monoisotopic (exact) mass is 365 g/mol. The maximum atomic E-state index is 6.02. The Morgan fingerprint density at radius 3 is 2.69 bits per heavy atom. The summed E-state index contributed by atoms with van der Waals surface area (Å²) in [6.07, 6.45) is 3.99. The van der Waals surface area contributed by atoms with Gasteiger partial charge in [0, 0.05) is 12.8 Å². The second-order valence-corrected chi connectivity index (χ2v) is 6.88. The van der Waals surface area contributed by atoms with Crippen molar-refractivity contribution in [2.75, 3.05) is 12.4 Å². The molecule has 0 amide bonds. The fraction of sp³-hybridized carbons (Fsp3) is 0.200. The van der Waals surface area contributed by atoms with Gasteiger partial charge < -0.3 is 14.0 Å². The van der Waals surface area contributed by atoms with Crippen LogP contribution >= 0.6 is 11.8 Å². The first kappa shape index (κ1) is 16.7. The van der Waals surface area contributed by atoms with E-state index in [0.29, 0.717) is 6.61 Å². The highest BCUT2D eigenvalue weighted by Crippen LogP contribution is 2.35. The first-order valence-corrected chi connectivity index (χ1v) is 9.42. The fourth-order valence-corrected chi connectivity index (χ4v) is 3.48. The summed E-state index contributed by atoms with van der Waals surface area (Å²) in [4.78, 5) is 0. The number of benzene rings is 2. The van der Waals surface area contributed by atoms with Crippen molar-refractivity contribution in [3.05, 3.63) is 72.1 Å². The van der Waals surface area contributed by atoms with Gasteiger partial charge in [0.2, 0.25) is 0 Å². The summed E-state index contributed by atoms with van der Waals surface area (Å²) < 4.78 is 13.8. The maximum Gasteiger partial charge on any atom is 0.192 e. The molecule has 4 rings (SSSR count). The van der Waals surface area contributed by atoms with Crippen molar-refractivity contribution >= 4 is 17.8 Å². The smallest absolute Gasteiger partial charge is 0.192 e. The molecule has 0 aliphatic carbocycles. The molecule has 6 heteroatoms. The maximum absolute atomic E-state index is 6.02. The van der Waals surface area contributed by atoms with Crippen LogP contribution in [0.2, 0.25) is 0 Å². The van der Waals surface area contributed by atoms with E-state index in [-0.39, 0.29) is 6.10 Å². The van der Waals surface area contributed by atoms with Gasteiger partial charge in [-0.05, 0) is 17.7 Å². The van der Waals surface area contributed by atoms with Crippen LogP contribution in [0.1, 0.15) is 17.5 Å². The van der Waals surface area contributed by atoms with Crippen LogP contribution in [0.4, 0.5) is 0 Å². The van der Waals surface area contributed by atoms with Crippen LogP contribution in [-0.4, -0.2) is 27.1 Å². The first-order valence-electron chi connectivity index (χ1n) is 8.43. The minimum absolute atomic E-state index is 0.253. The average molecular weight is 365 g/mol. The summed E-state index contributed by atoms with van der Waals surface area (Å²) in [5.41, 5.74) is 1.19. The number of hydrogen-bond donors (Lipinski definition) is 0. The second-order valence-electron chi connectivity index (χ2n) is 5.89. The Bertz CT molecular complexity index is 908. The molecule has 1 aliphatic heterocycles. The summed E-state index contributed by atoms with van der Waals surface area (Å²) in [6, 6.07) is 17.9. The summed E-state index contributed by atoms with van der Waals surface area (Å²) >= 11 is 1.64. The lowest BCUT2D eigenvalue weighted by atomic mass is 10.2. The summed E-state index contributed by atoms with van der Waals surface area (Å²) in [5, 5.41) is 9.47. The van der Waals surface area contributed by atoms with Gasteiger partial charge in [-0.2, -0.15) is 0 Å². The molecular formula is C20H19N3O2S. The van der Waals surface area contributed by atoms with E-state index in [2.05, 4.69) is 34.5 Å². The van der Waals surface area contributed by atoms with Crippen LogP contribution in [0.15, 0.2) is 65.8 Å². The lowest BCUT2D eigenvalue weighted by Crippen LogP contribution is -2.24. The number of aromatic nitrogens is 3. The van der Waals surface area contributed by atoms with Gasteiger partial charge >= 0.3 is 0 Å². The molecule has 0 saturated carbocycles. The molecule has 0 saturated heterocycles. The predicted molar refractivity (Wildman–Crippen MR) is 103 cm³/mol. The molecule has 0 spiro atoms. The molecular weight excluding hydrogens is 346 g/mol. The largest absolute Gasteiger partial charge is 0.485 e. The number of para-hydroxylation sites is 2. The van der Waals surface area contributed by atoms with Crippen LogP contribution in [-0.2, 0) is 7.05 Å². The van der Waals surface area contributed by atoms with Gasteiger partial charge in [-0.3, -0.25) is 0 Å². The highest BCUT2D eigenvalue weighted by molar-refractivity contribution is 7.99. The number of thioether (sulfide) groups is 1. The minimum atomic E-state index is -0.253. The second kappa shape index (κ2) is 7.66. The van der Waals surface area contributed by atoms with Crippen molar-refractivity contribution in [3.8, 4) is 11.5 Å². The summed E-state index contributed by atoms with van der Waals surface area (Å²) in [5.74, 6) is 3.11. The number of hydrogen-bond acceptors (Lipinski definition) is 5. The Labute approximate surface area is 156 Å². The fourth-order valence-electron chi connectivity index (χ4n) is 2.75. The number of ether oxygens (including phenoxy) is 2. The molecule has 1 atom stereocenters. The lowest BCUT2D eigenvalue weighted by molar-refractivity contribution is 0.0825. The zero-order valence-electron chi connectivity index (χ0n) is 14.4. The van der Waals surface area contributed by atoms with Gasteiger partial charge in [0.25, 0.3) is 0 Å². The highest BCUT2D eigenvalue weighted by Gasteiger charge is 2.27. The highest BCUT2D eigenvalue weighted by atomic mass is 32.2. The topological polar surface area (TPSA) is 49.2 Å². The number of nitrogens with zero attached hydrogens (tertiary/aromatic N) is 3. The molecule has 0 fully saturated rings. The molecule has 1 aromatic heterocycles. The van der Waals surface area contributed by atoms with Crippen molar-refractivity contribution in [1.29, 1.82) is 0 Å². The Hall–Kier alpha value is -2.73. The molecule has 1 unspecified atom stereocenters. The average Bonchev–Trinajstić information content (AvgIpc) is 3.06. The lowest BCUT2D eigenvalue weighted by Gasteiger charge is -2.25.